The molecule has 3 N–H and O–H groups in total. The lowest BCUT2D eigenvalue weighted by molar-refractivity contribution is -0.157. The maximum atomic E-state index is 11.7. The van der Waals surface area contributed by atoms with E-state index in [0.29, 0.717) is 6.42 Å². The molecule has 1 aliphatic rings. The Hall–Kier alpha value is -1.73. The number of aliphatic hydroxyl groups excluding tert-OH is 3. The zero-order valence-corrected chi connectivity index (χ0v) is 18.8. The van der Waals surface area contributed by atoms with Crippen LogP contribution in [0.1, 0.15) is 71.1 Å². The molecule has 0 radical (unpaired) electrons. The Balaban J connectivity index is 1.96. The van der Waals surface area contributed by atoms with Gasteiger partial charge in [0, 0.05) is 6.42 Å². The normalized spacial score (nSPS) is 24.4. The second-order valence-electron chi connectivity index (χ2n) is 7.71. The smallest absolute Gasteiger partial charge is 0.305 e. The molecule has 6 nitrogen and oxygen atoms in total. The summed E-state index contributed by atoms with van der Waals surface area (Å²) in [5.41, 5.74) is 0. The van der Waals surface area contributed by atoms with Crippen LogP contribution >= 0.6 is 0 Å². The van der Waals surface area contributed by atoms with Crippen molar-refractivity contribution in [1.29, 1.82) is 0 Å². The van der Waals surface area contributed by atoms with Gasteiger partial charge in [0.25, 0.3) is 0 Å². The van der Waals surface area contributed by atoms with Gasteiger partial charge in [-0.2, -0.15) is 0 Å². The Morgan fingerprint density at radius 2 is 1.35 bits per heavy atom. The van der Waals surface area contributed by atoms with Crippen LogP contribution in [0.2, 0.25) is 0 Å². The Labute approximate surface area is 187 Å². The molecule has 0 unspecified atom stereocenters. The molecule has 0 bridgehead atoms. The summed E-state index contributed by atoms with van der Waals surface area (Å²) in [6.07, 6.45) is 21.9. The van der Waals surface area contributed by atoms with Crippen LogP contribution < -0.4 is 0 Å². The van der Waals surface area contributed by atoms with Gasteiger partial charge in [0.1, 0.15) is 24.9 Å². The molecular weight excluding hydrogens is 396 g/mol. The average molecular weight is 437 g/mol. The van der Waals surface area contributed by atoms with Crippen LogP contribution in [0, 0.1) is 0 Å². The third-order valence-corrected chi connectivity index (χ3v) is 4.95. The summed E-state index contributed by atoms with van der Waals surface area (Å²) < 4.78 is 9.96. The van der Waals surface area contributed by atoms with Crippen LogP contribution in [0.25, 0.3) is 0 Å². The van der Waals surface area contributed by atoms with Crippen LogP contribution in [0.5, 0.6) is 0 Å². The minimum atomic E-state index is -1.45. The number of hydrogen-bond donors (Lipinski definition) is 3. The number of hydrogen-bond acceptors (Lipinski definition) is 6. The lowest BCUT2D eigenvalue weighted by atomic mass is 10.1. The fourth-order valence-corrected chi connectivity index (χ4v) is 3.04. The lowest BCUT2D eigenvalue weighted by Gasteiger charge is -2.14. The topological polar surface area (TPSA) is 96.2 Å². The van der Waals surface area contributed by atoms with E-state index in [9.17, 15) is 20.1 Å². The monoisotopic (exact) mass is 436 g/mol. The van der Waals surface area contributed by atoms with Crippen LogP contribution in [0.15, 0.2) is 48.6 Å². The molecule has 1 rings (SSSR count). The highest BCUT2D eigenvalue weighted by molar-refractivity contribution is 5.69. The second-order valence-corrected chi connectivity index (χ2v) is 7.71. The van der Waals surface area contributed by atoms with Gasteiger partial charge in [0.15, 0.2) is 6.29 Å². The summed E-state index contributed by atoms with van der Waals surface area (Å²) >= 11 is 0. The average Bonchev–Trinajstić information content (AvgIpc) is 3.01. The van der Waals surface area contributed by atoms with E-state index < -0.39 is 24.6 Å². The molecular formula is C25H40O6. The maximum Gasteiger partial charge on any atom is 0.305 e. The number of ether oxygens (including phenoxy) is 2. The van der Waals surface area contributed by atoms with Gasteiger partial charge in [-0.1, -0.05) is 68.4 Å². The number of unbranched alkanes of at least 4 members (excludes halogenated alkanes) is 4. The van der Waals surface area contributed by atoms with E-state index >= 15 is 0 Å². The van der Waals surface area contributed by atoms with Crippen LogP contribution in [0.4, 0.5) is 0 Å². The van der Waals surface area contributed by atoms with Gasteiger partial charge in [-0.15, -0.1) is 0 Å². The fourth-order valence-electron chi connectivity index (χ4n) is 3.04. The molecule has 0 aliphatic carbocycles. The van der Waals surface area contributed by atoms with Gasteiger partial charge in [-0.25, -0.2) is 0 Å². The molecule has 176 valence electrons. The molecule has 6 heteroatoms. The first-order chi connectivity index (χ1) is 15.1. The Bertz CT molecular complexity index is 581. The van der Waals surface area contributed by atoms with E-state index in [2.05, 4.69) is 49.5 Å². The van der Waals surface area contributed by atoms with Gasteiger partial charge in [0.2, 0.25) is 0 Å². The Morgan fingerprint density at radius 1 is 0.806 bits per heavy atom. The zero-order valence-electron chi connectivity index (χ0n) is 18.8. The lowest BCUT2D eigenvalue weighted by Crippen LogP contribution is -2.34. The van der Waals surface area contributed by atoms with Gasteiger partial charge in [-0.05, 0) is 44.9 Å². The van der Waals surface area contributed by atoms with Crippen molar-refractivity contribution >= 4 is 5.97 Å². The Kier molecular flexibility index (Phi) is 15.8. The predicted molar refractivity (Wildman–Crippen MR) is 122 cm³/mol. The highest BCUT2D eigenvalue weighted by atomic mass is 16.7. The minimum absolute atomic E-state index is 0.182. The summed E-state index contributed by atoms with van der Waals surface area (Å²) in [5, 5.41) is 28.3. The zero-order chi connectivity index (χ0) is 22.7. The molecule has 0 amide bonds. The number of rotatable bonds is 16. The third kappa shape index (κ3) is 13.3. The fraction of sp³-hybridized carbons (Fsp3) is 0.640. The van der Waals surface area contributed by atoms with Gasteiger partial charge >= 0.3 is 5.97 Å². The number of carbonyl (C=O) groups is 1. The van der Waals surface area contributed by atoms with Crippen molar-refractivity contribution in [2.24, 2.45) is 0 Å². The number of carbonyl (C=O) groups excluding carboxylic acids is 1. The minimum Gasteiger partial charge on any atom is -0.463 e. The van der Waals surface area contributed by atoms with Crippen LogP contribution in [-0.2, 0) is 14.3 Å². The molecule has 1 heterocycles. The summed E-state index contributed by atoms with van der Waals surface area (Å²) in [6, 6.07) is 0. The summed E-state index contributed by atoms with van der Waals surface area (Å²) in [5.74, 6) is -0.387. The Morgan fingerprint density at radius 3 is 1.87 bits per heavy atom. The molecule has 4 atom stereocenters. The first-order valence-corrected chi connectivity index (χ1v) is 11.5. The van der Waals surface area contributed by atoms with Crippen molar-refractivity contribution in [1.82, 2.24) is 0 Å². The summed E-state index contributed by atoms with van der Waals surface area (Å²) in [7, 11) is 0. The second kappa shape index (κ2) is 17.9. The maximum absolute atomic E-state index is 11.7. The quantitative estimate of drug-likeness (QED) is 0.191. The van der Waals surface area contributed by atoms with E-state index in [1.807, 2.05) is 6.08 Å². The van der Waals surface area contributed by atoms with E-state index in [1.54, 1.807) is 0 Å². The molecule has 0 saturated carbocycles. The van der Waals surface area contributed by atoms with Crippen LogP contribution in [-0.4, -0.2) is 52.5 Å². The largest absolute Gasteiger partial charge is 0.463 e. The molecule has 0 aromatic rings. The molecule has 0 aromatic carbocycles. The summed E-state index contributed by atoms with van der Waals surface area (Å²) in [6.45, 7) is 2.04. The van der Waals surface area contributed by atoms with Crippen LogP contribution in [0.3, 0.4) is 0 Å². The highest BCUT2D eigenvalue weighted by Crippen LogP contribution is 2.19. The first-order valence-electron chi connectivity index (χ1n) is 11.5. The molecule has 0 spiro atoms. The van der Waals surface area contributed by atoms with Crippen molar-refractivity contribution in [3.05, 3.63) is 48.6 Å². The van der Waals surface area contributed by atoms with Gasteiger partial charge < -0.3 is 24.8 Å². The van der Waals surface area contributed by atoms with E-state index in [0.717, 1.165) is 25.7 Å². The van der Waals surface area contributed by atoms with Crippen molar-refractivity contribution < 1.29 is 29.6 Å². The molecule has 0 aromatic heterocycles. The standard InChI is InChI=1S/C25H40O6/c1-2-3-4-5-6-7-8-9-10-11-12-13-14-15-16-17-18-19-22(26)30-20-21-23(27)24(28)25(29)31-21/h6-7,9-10,12-13,15-16,21,23-25,27-29H,2-5,8,11,14,17-20H2,1H3/b7-6-,10-9-,13-12-,16-15-/t21-,23+,24-,25+/m1/s1. The third-order valence-electron chi connectivity index (χ3n) is 4.95. The first kappa shape index (κ1) is 27.3. The predicted octanol–water partition coefficient (Wildman–Crippen LogP) is 4.11. The van der Waals surface area contributed by atoms with Gasteiger partial charge in [0.05, 0.1) is 0 Å². The number of esters is 1. The molecule has 1 saturated heterocycles. The van der Waals surface area contributed by atoms with Crippen molar-refractivity contribution in [2.75, 3.05) is 6.61 Å². The molecule has 1 fully saturated rings. The van der Waals surface area contributed by atoms with Crippen molar-refractivity contribution in [3.63, 3.8) is 0 Å². The van der Waals surface area contributed by atoms with Gasteiger partial charge in [-0.3, -0.25) is 4.79 Å². The van der Waals surface area contributed by atoms with E-state index in [4.69, 9.17) is 9.47 Å². The number of aliphatic hydroxyl groups is 3. The molecule has 1 aliphatic heterocycles. The van der Waals surface area contributed by atoms with E-state index in [-0.39, 0.29) is 19.0 Å². The van der Waals surface area contributed by atoms with Crippen molar-refractivity contribution in [2.45, 2.75) is 95.7 Å². The van der Waals surface area contributed by atoms with E-state index in [1.165, 1.54) is 25.7 Å². The SMILES string of the molecule is CCCCC/C=C\C/C=C\C/C=C\C/C=C\CCCC(=O)OC[C@H]1O[C@H](O)[C@H](O)[C@H]1O. The molecule has 31 heavy (non-hydrogen) atoms. The highest BCUT2D eigenvalue weighted by Gasteiger charge is 2.42. The van der Waals surface area contributed by atoms with Crippen molar-refractivity contribution in [3.8, 4) is 0 Å². The summed E-state index contributed by atoms with van der Waals surface area (Å²) in [4.78, 5) is 11.7. The number of allylic oxidation sites excluding steroid dienone is 8.